The molecule has 0 aromatic rings. The molecule has 1 N–H and O–H groups in total. The maximum atomic E-state index is 11.6. The molecule has 4 heteroatoms. The molecular weight excluding hydrogens is 300 g/mol. The van der Waals surface area contributed by atoms with Crippen LogP contribution in [0, 0.1) is 5.92 Å². The van der Waals surface area contributed by atoms with Gasteiger partial charge in [0.15, 0.2) is 9.02 Å². The van der Waals surface area contributed by atoms with Crippen molar-refractivity contribution in [1.29, 1.82) is 0 Å². The molecule has 0 aliphatic carbocycles. The van der Waals surface area contributed by atoms with Crippen LogP contribution in [0.4, 0.5) is 0 Å². The highest BCUT2D eigenvalue weighted by Crippen LogP contribution is 2.34. The lowest BCUT2D eigenvalue weighted by Gasteiger charge is -2.24. The van der Waals surface area contributed by atoms with Gasteiger partial charge in [-0.2, -0.15) is 0 Å². The van der Waals surface area contributed by atoms with Gasteiger partial charge in [-0.1, -0.05) is 52.6 Å². The molecule has 0 bridgehead atoms. The lowest BCUT2D eigenvalue weighted by Crippen LogP contribution is -2.38. The third kappa shape index (κ3) is 4.09. The van der Waals surface area contributed by atoms with Crippen molar-refractivity contribution in [3.05, 3.63) is 0 Å². The van der Waals surface area contributed by atoms with Gasteiger partial charge in [-0.05, 0) is 12.3 Å². The van der Waals surface area contributed by atoms with Gasteiger partial charge in [0.25, 0.3) is 0 Å². The smallest absolute Gasteiger partial charge is 0.164 e. The minimum Gasteiger partial charge on any atom is -0.390 e. The van der Waals surface area contributed by atoms with Crippen LogP contribution in [0.3, 0.4) is 0 Å². The molecule has 1 atom stereocenters. The maximum Gasteiger partial charge on any atom is 0.164 e. The first-order valence-electron chi connectivity index (χ1n) is 4.41. The Morgan fingerprint density at radius 2 is 1.92 bits per heavy atom. The first kappa shape index (κ1) is 13.6. The molecule has 0 aromatic heterocycles. The summed E-state index contributed by atoms with van der Waals surface area (Å²) in [5, 5.41) is 9.55. The standard InChI is InChI=1S/C9H16Br2O2/c1-4-7(12)9(10,11)8(13)5-6(2)3/h6-7,12H,4-5H2,1-3H3. The summed E-state index contributed by atoms with van der Waals surface area (Å²) in [7, 11) is 0. The number of aliphatic hydroxyl groups is 1. The van der Waals surface area contributed by atoms with E-state index in [1.54, 1.807) is 0 Å². The minimum atomic E-state index is -0.959. The Morgan fingerprint density at radius 3 is 2.23 bits per heavy atom. The van der Waals surface area contributed by atoms with Crippen molar-refractivity contribution in [2.24, 2.45) is 5.92 Å². The van der Waals surface area contributed by atoms with Gasteiger partial charge < -0.3 is 5.11 Å². The fourth-order valence-corrected chi connectivity index (χ4v) is 1.92. The van der Waals surface area contributed by atoms with E-state index >= 15 is 0 Å². The van der Waals surface area contributed by atoms with E-state index in [9.17, 15) is 9.90 Å². The van der Waals surface area contributed by atoms with E-state index in [0.717, 1.165) is 0 Å². The number of Topliss-reactive ketones (excluding diaryl/α,β-unsaturated/α-hetero) is 1. The second-order valence-corrected chi connectivity index (χ2v) is 7.13. The van der Waals surface area contributed by atoms with Gasteiger partial charge in [0.2, 0.25) is 0 Å². The topological polar surface area (TPSA) is 37.3 Å². The Hall–Kier alpha value is 0.590. The molecule has 2 nitrogen and oxygen atoms in total. The average molecular weight is 316 g/mol. The van der Waals surface area contributed by atoms with Crippen LogP contribution in [-0.4, -0.2) is 20.2 Å². The summed E-state index contributed by atoms with van der Waals surface area (Å²) in [6, 6.07) is 0. The molecule has 0 amide bonds. The molecule has 78 valence electrons. The zero-order valence-electron chi connectivity index (χ0n) is 8.18. The van der Waals surface area contributed by atoms with Gasteiger partial charge in [0, 0.05) is 6.42 Å². The molecule has 0 aliphatic rings. The van der Waals surface area contributed by atoms with Crippen LogP contribution in [-0.2, 0) is 4.79 Å². The summed E-state index contributed by atoms with van der Waals surface area (Å²) >= 11 is 6.44. The Morgan fingerprint density at radius 1 is 1.46 bits per heavy atom. The average Bonchev–Trinajstić information content (AvgIpc) is 2.01. The fraction of sp³-hybridized carbons (Fsp3) is 0.889. The second kappa shape index (κ2) is 5.47. The summed E-state index contributed by atoms with van der Waals surface area (Å²) in [5.41, 5.74) is 0. The number of hydrogen-bond donors (Lipinski definition) is 1. The predicted octanol–water partition coefficient (Wildman–Crippen LogP) is 2.86. The highest BCUT2D eigenvalue weighted by atomic mass is 79.9. The molecule has 0 aliphatic heterocycles. The number of alkyl halides is 2. The van der Waals surface area contributed by atoms with Gasteiger partial charge in [-0.15, -0.1) is 0 Å². The second-order valence-electron chi connectivity index (χ2n) is 3.57. The molecule has 0 saturated heterocycles. The number of ketones is 1. The van der Waals surface area contributed by atoms with Crippen LogP contribution < -0.4 is 0 Å². The number of rotatable bonds is 5. The first-order valence-corrected chi connectivity index (χ1v) is 6.00. The van der Waals surface area contributed by atoms with E-state index in [2.05, 4.69) is 31.9 Å². The van der Waals surface area contributed by atoms with Crippen LogP contribution in [0.2, 0.25) is 0 Å². The third-order valence-corrected chi connectivity index (χ3v) is 3.71. The van der Waals surface area contributed by atoms with Crippen molar-refractivity contribution in [3.63, 3.8) is 0 Å². The van der Waals surface area contributed by atoms with Crippen molar-refractivity contribution < 1.29 is 9.90 Å². The van der Waals surface area contributed by atoms with Gasteiger partial charge >= 0.3 is 0 Å². The summed E-state index contributed by atoms with van der Waals surface area (Å²) < 4.78 is -0.959. The van der Waals surface area contributed by atoms with E-state index < -0.39 is 9.34 Å². The third-order valence-electron chi connectivity index (χ3n) is 1.77. The number of carbonyl (C=O) groups is 1. The Labute approximate surface area is 96.3 Å². The van der Waals surface area contributed by atoms with Crippen LogP contribution in [0.5, 0.6) is 0 Å². The minimum absolute atomic E-state index is 0.00292. The lowest BCUT2D eigenvalue weighted by atomic mass is 10.0. The van der Waals surface area contributed by atoms with Crippen LogP contribution in [0.15, 0.2) is 0 Å². The van der Waals surface area contributed by atoms with Gasteiger partial charge in [0.1, 0.15) is 0 Å². The van der Waals surface area contributed by atoms with Crippen molar-refractivity contribution in [3.8, 4) is 0 Å². The molecule has 0 spiro atoms. The monoisotopic (exact) mass is 314 g/mol. The molecule has 13 heavy (non-hydrogen) atoms. The van der Waals surface area contributed by atoms with E-state index in [0.29, 0.717) is 18.8 Å². The van der Waals surface area contributed by atoms with Gasteiger partial charge in [-0.25, -0.2) is 0 Å². The number of halogens is 2. The van der Waals surface area contributed by atoms with Crippen molar-refractivity contribution in [1.82, 2.24) is 0 Å². The van der Waals surface area contributed by atoms with Crippen LogP contribution in [0.25, 0.3) is 0 Å². The Kier molecular flexibility index (Phi) is 5.71. The molecule has 0 rings (SSSR count). The van der Waals surface area contributed by atoms with Crippen molar-refractivity contribution >= 4 is 37.6 Å². The van der Waals surface area contributed by atoms with E-state index in [4.69, 9.17) is 0 Å². The number of hydrogen-bond acceptors (Lipinski definition) is 2. The maximum absolute atomic E-state index is 11.6. The first-order chi connectivity index (χ1) is 5.82. The molecule has 0 radical (unpaired) electrons. The van der Waals surface area contributed by atoms with Crippen LogP contribution in [0.1, 0.15) is 33.6 Å². The molecule has 0 heterocycles. The molecule has 1 unspecified atom stereocenters. The molecule has 0 fully saturated rings. The molecule has 0 aromatic carbocycles. The summed E-state index contributed by atoms with van der Waals surface area (Å²) in [6.45, 7) is 5.79. The summed E-state index contributed by atoms with van der Waals surface area (Å²) in [4.78, 5) is 11.6. The fourth-order valence-electron chi connectivity index (χ4n) is 0.949. The van der Waals surface area contributed by atoms with Crippen molar-refractivity contribution in [2.75, 3.05) is 0 Å². The van der Waals surface area contributed by atoms with Gasteiger partial charge in [0.05, 0.1) is 6.10 Å². The normalized spacial score (nSPS) is 14.7. The largest absolute Gasteiger partial charge is 0.390 e. The highest BCUT2D eigenvalue weighted by molar-refractivity contribution is 9.26. The summed E-state index contributed by atoms with van der Waals surface area (Å²) in [5.74, 6) is 0.308. The summed E-state index contributed by atoms with van der Waals surface area (Å²) in [6.07, 6.45) is 0.326. The van der Waals surface area contributed by atoms with E-state index in [1.807, 2.05) is 20.8 Å². The lowest BCUT2D eigenvalue weighted by molar-refractivity contribution is -0.121. The molecule has 0 saturated carbocycles. The molecular formula is C9H16Br2O2. The van der Waals surface area contributed by atoms with Gasteiger partial charge in [-0.3, -0.25) is 4.79 Å². The predicted molar refractivity (Wildman–Crippen MR) is 61.3 cm³/mol. The zero-order valence-corrected chi connectivity index (χ0v) is 11.4. The number of carbonyl (C=O) groups excluding carboxylic acids is 1. The quantitative estimate of drug-likeness (QED) is 0.792. The van der Waals surface area contributed by atoms with E-state index in [1.165, 1.54) is 0 Å². The number of aliphatic hydroxyl groups excluding tert-OH is 1. The van der Waals surface area contributed by atoms with E-state index in [-0.39, 0.29) is 5.78 Å². The van der Waals surface area contributed by atoms with Crippen LogP contribution >= 0.6 is 31.9 Å². The zero-order chi connectivity index (χ0) is 10.6. The van der Waals surface area contributed by atoms with Crippen molar-refractivity contribution in [2.45, 2.75) is 43.0 Å². The highest BCUT2D eigenvalue weighted by Gasteiger charge is 2.38. The SMILES string of the molecule is CCC(O)C(Br)(Br)C(=O)CC(C)C. The Bertz CT molecular complexity index is 178. The Balaban J connectivity index is 4.35.